The molecule has 1 aromatic carbocycles. The van der Waals surface area contributed by atoms with Crippen LogP contribution in [-0.2, 0) is 16.8 Å². The quantitative estimate of drug-likeness (QED) is 0.825. The fourth-order valence-corrected chi connectivity index (χ4v) is 2.55. The largest absolute Gasteiger partial charge is 0.476 e. The lowest BCUT2D eigenvalue weighted by atomic mass is 9.84. The molecule has 0 spiro atoms. The summed E-state index contributed by atoms with van der Waals surface area (Å²) in [4.78, 5) is 22.7. The van der Waals surface area contributed by atoms with Crippen LogP contribution in [0, 0.1) is 5.82 Å². The maximum absolute atomic E-state index is 13.1. The lowest BCUT2D eigenvalue weighted by Crippen LogP contribution is -2.38. The van der Waals surface area contributed by atoms with Gasteiger partial charge >= 0.3 is 5.97 Å². The molecule has 1 heterocycles. The van der Waals surface area contributed by atoms with Crippen molar-refractivity contribution in [2.75, 3.05) is 6.54 Å². The summed E-state index contributed by atoms with van der Waals surface area (Å²) < 4.78 is 14.3. The first kappa shape index (κ1) is 17.9. The van der Waals surface area contributed by atoms with Gasteiger partial charge in [-0.25, -0.2) is 13.9 Å². The number of rotatable bonds is 6. The Bertz CT molecular complexity index is 776. The minimum absolute atomic E-state index is 0.159. The molecule has 0 radical (unpaired) electrons. The van der Waals surface area contributed by atoms with E-state index >= 15 is 0 Å². The molecule has 0 bridgehead atoms. The van der Waals surface area contributed by atoms with Crippen LogP contribution in [0.1, 0.15) is 29.9 Å². The number of carboxylic acid groups (broad SMARTS) is 1. The van der Waals surface area contributed by atoms with E-state index in [4.69, 9.17) is 16.7 Å². The Morgan fingerprint density at radius 3 is 2.71 bits per heavy atom. The maximum Gasteiger partial charge on any atom is 0.358 e. The third-order valence-electron chi connectivity index (χ3n) is 3.45. The number of hydrogen-bond acceptors (Lipinski definition) is 4. The number of benzene rings is 1. The molecular formula is C15H16ClFN4O3. The highest BCUT2D eigenvalue weighted by Crippen LogP contribution is 2.29. The molecule has 0 atom stereocenters. The second kappa shape index (κ2) is 6.96. The van der Waals surface area contributed by atoms with Gasteiger partial charge in [-0.2, -0.15) is 0 Å². The Kier molecular flexibility index (Phi) is 5.18. The molecule has 0 saturated heterocycles. The molecule has 0 fully saturated rings. The average Bonchev–Trinajstić information content (AvgIpc) is 2.93. The van der Waals surface area contributed by atoms with Crippen LogP contribution >= 0.6 is 11.6 Å². The van der Waals surface area contributed by atoms with Gasteiger partial charge in [0.25, 0.3) is 0 Å². The fraction of sp³-hybridized carbons (Fsp3) is 0.333. The van der Waals surface area contributed by atoms with Gasteiger partial charge in [0.15, 0.2) is 5.69 Å². The summed E-state index contributed by atoms with van der Waals surface area (Å²) in [7, 11) is 0. The normalized spacial score (nSPS) is 11.3. The number of carbonyl (C=O) groups excluding carboxylic acids is 1. The third-order valence-corrected chi connectivity index (χ3v) is 3.76. The highest BCUT2D eigenvalue weighted by atomic mass is 35.5. The molecule has 0 aliphatic rings. The van der Waals surface area contributed by atoms with Crippen molar-refractivity contribution in [1.82, 2.24) is 20.3 Å². The van der Waals surface area contributed by atoms with Gasteiger partial charge in [-0.15, -0.1) is 5.10 Å². The van der Waals surface area contributed by atoms with Gasteiger partial charge in [-0.1, -0.05) is 36.7 Å². The summed E-state index contributed by atoms with van der Waals surface area (Å²) in [5.74, 6) is -2.00. The van der Waals surface area contributed by atoms with E-state index in [9.17, 15) is 14.0 Å². The van der Waals surface area contributed by atoms with Crippen molar-refractivity contribution in [3.8, 4) is 0 Å². The van der Waals surface area contributed by atoms with E-state index < -0.39 is 17.2 Å². The average molecular weight is 355 g/mol. The number of hydrogen-bond donors (Lipinski definition) is 2. The van der Waals surface area contributed by atoms with E-state index in [1.54, 1.807) is 6.07 Å². The van der Waals surface area contributed by atoms with E-state index in [-0.39, 0.29) is 29.7 Å². The molecule has 0 unspecified atom stereocenters. The zero-order valence-electron chi connectivity index (χ0n) is 13.1. The van der Waals surface area contributed by atoms with Gasteiger partial charge in [0.2, 0.25) is 5.91 Å². The van der Waals surface area contributed by atoms with E-state index in [0.29, 0.717) is 5.56 Å². The van der Waals surface area contributed by atoms with Crippen LogP contribution in [0.25, 0.3) is 0 Å². The summed E-state index contributed by atoms with van der Waals surface area (Å²) in [6.45, 7) is 3.83. The monoisotopic (exact) mass is 354 g/mol. The first-order chi connectivity index (χ1) is 11.2. The molecular weight excluding hydrogens is 339 g/mol. The summed E-state index contributed by atoms with van der Waals surface area (Å²) >= 11 is 6.06. The molecule has 9 heteroatoms. The van der Waals surface area contributed by atoms with Crippen LogP contribution in [-0.4, -0.2) is 38.5 Å². The van der Waals surface area contributed by atoms with Crippen LogP contribution in [0.5, 0.6) is 0 Å². The Morgan fingerprint density at radius 2 is 2.12 bits per heavy atom. The van der Waals surface area contributed by atoms with E-state index in [0.717, 1.165) is 4.68 Å². The van der Waals surface area contributed by atoms with Gasteiger partial charge in [0, 0.05) is 17.0 Å². The zero-order valence-corrected chi connectivity index (χ0v) is 13.8. The standard InChI is InChI=1S/C15H16ClFN4O3/c1-15(2,10-4-3-9(17)5-11(10)16)8-18-13(22)7-21-6-12(14(23)24)19-20-21/h3-6H,7-8H2,1-2H3,(H,18,22)(H,23,24). The van der Waals surface area contributed by atoms with Gasteiger partial charge in [0.05, 0.1) is 6.20 Å². The number of aromatic carboxylic acids is 1. The number of amides is 1. The molecule has 1 amide bonds. The van der Waals surface area contributed by atoms with Crippen molar-refractivity contribution < 1.29 is 19.1 Å². The van der Waals surface area contributed by atoms with Crippen LogP contribution in [0.2, 0.25) is 5.02 Å². The van der Waals surface area contributed by atoms with E-state index in [1.165, 1.54) is 18.3 Å². The van der Waals surface area contributed by atoms with Gasteiger partial charge in [-0.05, 0) is 17.7 Å². The minimum Gasteiger partial charge on any atom is -0.476 e. The number of nitrogens with zero attached hydrogens (tertiary/aromatic N) is 3. The molecule has 2 aromatic rings. The summed E-state index contributed by atoms with van der Waals surface area (Å²) in [6.07, 6.45) is 1.17. The van der Waals surface area contributed by atoms with Crippen LogP contribution < -0.4 is 5.32 Å². The van der Waals surface area contributed by atoms with Crippen molar-refractivity contribution in [3.63, 3.8) is 0 Å². The van der Waals surface area contributed by atoms with Crippen molar-refractivity contribution in [2.24, 2.45) is 0 Å². The lowest BCUT2D eigenvalue weighted by Gasteiger charge is -2.26. The minimum atomic E-state index is -1.21. The molecule has 0 saturated carbocycles. The highest BCUT2D eigenvalue weighted by Gasteiger charge is 2.24. The topological polar surface area (TPSA) is 97.1 Å². The predicted molar refractivity (Wildman–Crippen MR) is 84.4 cm³/mol. The highest BCUT2D eigenvalue weighted by molar-refractivity contribution is 6.31. The summed E-state index contributed by atoms with van der Waals surface area (Å²) in [5.41, 5.74) is -0.0457. The molecule has 24 heavy (non-hydrogen) atoms. The summed E-state index contributed by atoms with van der Waals surface area (Å²) in [6, 6.07) is 4.12. The van der Waals surface area contributed by atoms with Crippen molar-refractivity contribution in [2.45, 2.75) is 25.8 Å². The fourth-order valence-electron chi connectivity index (χ4n) is 2.13. The van der Waals surface area contributed by atoms with Crippen molar-refractivity contribution in [1.29, 1.82) is 0 Å². The Labute approximate surface area is 142 Å². The van der Waals surface area contributed by atoms with Crippen molar-refractivity contribution >= 4 is 23.5 Å². The molecule has 2 rings (SSSR count). The number of halogens is 2. The van der Waals surface area contributed by atoms with Crippen LogP contribution in [0.4, 0.5) is 4.39 Å². The van der Waals surface area contributed by atoms with Gasteiger partial charge in [0.1, 0.15) is 12.4 Å². The van der Waals surface area contributed by atoms with Crippen molar-refractivity contribution in [3.05, 3.63) is 46.5 Å². The SMILES string of the molecule is CC(C)(CNC(=O)Cn1cc(C(=O)O)nn1)c1ccc(F)cc1Cl. The smallest absolute Gasteiger partial charge is 0.358 e. The number of aromatic nitrogens is 3. The molecule has 2 N–H and O–H groups in total. The first-order valence-corrected chi connectivity index (χ1v) is 7.42. The Morgan fingerprint density at radius 1 is 1.42 bits per heavy atom. The number of carboxylic acids is 1. The van der Waals surface area contributed by atoms with Crippen LogP contribution in [0.3, 0.4) is 0 Å². The number of nitrogens with one attached hydrogen (secondary N) is 1. The molecule has 1 aromatic heterocycles. The van der Waals surface area contributed by atoms with Gasteiger partial charge in [-0.3, -0.25) is 4.79 Å². The van der Waals surface area contributed by atoms with Gasteiger partial charge < -0.3 is 10.4 Å². The van der Waals surface area contributed by atoms with E-state index in [1.807, 2.05) is 13.8 Å². The number of carbonyl (C=O) groups is 2. The predicted octanol–water partition coefficient (Wildman–Crippen LogP) is 1.86. The third kappa shape index (κ3) is 4.29. The zero-order chi connectivity index (χ0) is 17.9. The molecule has 0 aliphatic carbocycles. The molecule has 0 aliphatic heterocycles. The lowest BCUT2D eigenvalue weighted by molar-refractivity contribution is -0.122. The molecule has 128 valence electrons. The second-order valence-corrected chi connectivity index (χ2v) is 6.30. The van der Waals surface area contributed by atoms with E-state index in [2.05, 4.69) is 15.6 Å². The van der Waals surface area contributed by atoms with Crippen LogP contribution in [0.15, 0.2) is 24.4 Å². The molecule has 7 nitrogen and oxygen atoms in total. The summed E-state index contributed by atoms with van der Waals surface area (Å²) in [5, 5.41) is 18.8. The second-order valence-electron chi connectivity index (χ2n) is 5.89. The first-order valence-electron chi connectivity index (χ1n) is 7.05. The Hall–Kier alpha value is -2.48. The maximum atomic E-state index is 13.1. The Balaban J connectivity index is 1.97.